The first kappa shape index (κ1) is 22.4. The van der Waals surface area contributed by atoms with Crippen LogP contribution in [0.1, 0.15) is 30.0 Å². The van der Waals surface area contributed by atoms with Crippen LogP contribution in [-0.2, 0) is 24.4 Å². The van der Waals surface area contributed by atoms with Gasteiger partial charge in [0.05, 0.1) is 0 Å². The van der Waals surface area contributed by atoms with E-state index in [9.17, 15) is 0 Å². The van der Waals surface area contributed by atoms with Gasteiger partial charge >= 0.3 is 0 Å². The largest absolute Gasteiger partial charge is 0.489 e. The summed E-state index contributed by atoms with van der Waals surface area (Å²) in [5.41, 5.74) is 4.99. The van der Waals surface area contributed by atoms with Crippen LogP contribution in [0.5, 0.6) is 5.75 Å². The molecule has 4 nitrogen and oxygen atoms in total. The summed E-state index contributed by atoms with van der Waals surface area (Å²) in [6.45, 7) is 3.37. The molecule has 4 aromatic rings. The highest BCUT2D eigenvalue weighted by Gasteiger charge is 2.03. The zero-order valence-corrected chi connectivity index (χ0v) is 18.3. The summed E-state index contributed by atoms with van der Waals surface area (Å²) in [7, 11) is 0. The van der Waals surface area contributed by atoms with Crippen LogP contribution < -0.4 is 4.74 Å². The molecule has 0 aliphatic heterocycles. The molecule has 5 heteroatoms. The van der Waals surface area contributed by atoms with Gasteiger partial charge in [-0.15, -0.1) is 0 Å². The summed E-state index contributed by atoms with van der Waals surface area (Å²) in [6, 6.07) is 25.2. The molecule has 0 saturated heterocycles. The van der Waals surface area contributed by atoms with Crippen molar-refractivity contribution in [1.82, 2.24) is 4.57 Å². The number of carbonyl (C=O) groups is 1. The molecule has 0 aliphatic rings. The number of aromatic nitrogens is 1. The molecule has 0 unspecified atom stereocenters. The van der Waals surface area contributed by atoms with E-state index in [1.807, 2.05) is 12.1 Å². The van der Waals surface area contributed by atoms with Crippen molar-refractivity contribution in [1.29, 1.82) is 0 Å². The Morgan fingerprint density at radius 3 is 2.26 bits per heavy atom. The van der Waals surface area contributed by atoms with Gasteiger partial charge in [0.2, 0.25) is 0 Å². The van der Waals surface area contributed by atoms with Crippen molar-refractivity contribution >= 4 is 29.0 Å². The lowest BCUT2D eigenvalue weighted by molar-refractivity contribution is -0.122. The van der Waals surface area contributed by atoms with E-state index in [2.05, 4.69) is 78.4 Å². The summed E-state index contributed by atoms with van der Waals surface area (Å²) < 4.78 is 8.17. The molecule has 3 aromatic carbocycles. The van der Waals surface area contributed by atoms with Crippen LogP contribution in [-0.4, -0.2) is 16.1 Å². The number of aryl methyl sites for hydroxylation is 1. The van der Waals surface area contributed by atoms with Crippen molar-refractivity contribution in [2.75, 3.05) is 0 Å². The van der Waals surface area contributed by atoms with Crippen LogP contribution in [0, 0.1) is 0 Å². The van der Waals surface area contributed by atoms with E-state index in [1.165, 1.54) is 34.0 Å². The number of carboxylic acid groups (broad SMARTS) is 1. The molecule has 0 saturated carbocycles. The predicted octanol–water partition coefficient (Wildman–Crippen LogP) is 6.58. The number of nitrogens with zero attached hydrogens (tertiary/aromatic N) is 1. The molecule has 0 amide bonds. The average Bonchev–Trinajstić information content (AvgIpc) is 3.17. The first-order chi connectivity index (χ1) is 15.1. The van der Waals surface area contributed by atoms with Crippen molar-refractivity contribution in [2.24, 2.45) is 0 Å². The average molecular weight is 436 g/mol. The first-order valence-corrected chi connectivity index (χ1v) is 10.6. The fourth-order valence-electron chi connectivity index (χ4n) is 3.45. The molecule has 1 aromatic heterocycles. The van der Waals surface area contributed by atoms with Gasteiger partial charge < -0.3 is 14.4 Å². The second kappa shape index (κ2) is 11.2. The van der Waals surface area contributed by atoms with Crippen LogP contribution in [0.2, 0.25) is 5.02 Å². The zero-order chi connectivity index (χ0) is 22.1. The van der Waals surface area contributed by atoms with Gasteiger partial charge in [-0.3, -0.25) is 4.79 Å². The van der Waals surface area contributed by atoms with Gasteiger partial charge in [-0.2, -0.15) is 0 Å². The molecule has 0 fully saturated rings. The van der Waals surface area contributed by atoms with Crippen LogP contribution in [0.3, 0.4) is 0 Å². The summed E-state index contributed by atoms with van der Waals surface area (Å²) in [5, 5.41) is 8.83. The van der Waals surface area contributed by atoms with E-state index >= 15 is 0 Å². The summed E-state index contributed by atoms with van der Waals surface area (Å²) >= 11 is 6.08. The number of benzene rings is 3. The quantitative estimate of drug-likeness (QED) is 0.334. The lowest BCUT2D eigenvalue weighted by atomic mass is 10.1. The number of halogens is 1. The van der Waals surface area contributed by atoms with E-state index in [0.29, 0.717) is 6.61 Å². The first-order valence-electron chi connectivity index (χ1n) is 10.2. The van der Waals surface area contributed by atoms with Gasteiger partial charge in [0.1, 0.15) is 12.4 Å². The number of rotatable bonds is 7. The van der Waals surface area contributed by atoms with Crippen LogP contribution >= 0.6 is 11.6 Å². The second-order valence-corrected chi connectivity index (χ2v) is 7.69. The van der Waals surface area contributed by atoms with Gasteiger partial charge in [0.25, 0.3) is 6.47 Å². The Morgan fingerprint density at radius 1 is 0.935 bits per heavy atom. The van der Waals surface area contributed by atoms with Gasteiger partial charge in [-0.25, -0.2) is 0 Å². The summed E-state index contributed by atoms with van der Waals surface area (Å²) in [4.78, 5) is 8.36. The lowest BCUT2D eigenvalue weighted by Gasteiger charge is -2.09. The van der Waals surface area contributed by atoms with Gasteiger partial charge in [-0.1, -0.05) is 61.3 Å². The normalized spacial score (nSPS) is 10.4. The third-order valence-corrected chi connectivity index (χ3v) is 5.21. The molecule has 1 heterocycles. The Balaban J connectivity index is 0.000000858. The summed E-state index contributed by atoms with van der Waals surface area (Å²) in [6.07, 6.45) is 4.39. The standard InChI is InChI=1S/C25H24ClNO.CH2O2/c1-2-3-19-8-11-24(12-9-19)28-18-21-6-4-20(5-7-21)17-27-15-14-22-16-23(26)10-13-25(22)27;2-1-3/h4-16H,2-3,17-18H2,1H3;1H,(H,2,3). The molecule has 31 heavy (non-hydrogen) atoms. The highest BCUT2D eigenvalue weighted by atomic mass is 35.5. The molecule has 0 bridgehead atoms. The van der Waals surface area contributed by atoms with Gasteiger partial charge in [0, 0.05) is 28.7 Å². The van der Waals surface area contributed by atoms with E-state index in [-0.39, 0.29) is 6.47 Å². The molecule has 0 aliphatic carbocycles. The number of hydrogen-bond donors (Lipinski definition) is 1. The maximum absolute atomic E-state index is 8.36. The van der Waals surface area contributed by atoms with Crippen LogP contribution in [0.15, 0.2) is 79.0 Å². The minimum atomic E-state index is -0.250. The SMILES string of the molecule is CCCc1ccc(OCc2ccc(Cn3ccc4cc(Cl)ccc43)cc2)cc1.O=CO. The molecular formula is C26H26ClNO3. The predicted molar refractivity (Wildman–Crippen MR) is 126 cm³/mol. The van der Waals surface area contributed by atoms with Crippen LogP contribution in [0.25, 0.3) is 10.9 Å². The highest BCUT2D eigenvalue weighted by Crippen LogP contribution is 2.22. The van der Waals surface area contributed by atoms with Crippen molar-refractivity contribution < 1.29 is 14.6 Å². The smallest absolute Gasteiger partial charge is 0.290 e. The third-order valence-electron chi connectivity index (χ3n) is 4.98. The zero-order valence-electron chi connectivity index (χ0n) is 17.5. The van der Waals surface area contributed by atoms with Crippen LogP contribution in [0.4, 0.5) is 0 Å². The third kappa shape index (κ3) is 6.37. The molecule has 4 rings (SSSR count). The fraction of sp³-hybridized carbons (Fsp3) is 0.192. The molecular weight excluding hydrogens is 410 g/mol. The van der Waals surface area contributed by atoms with E-state index < -0.39 is 0 Å². The number of hydrogen-bond acceptors (Lipinski definition) is 2. The molecule has 1 N–H and O–H groups in total. The molecule has 0 radical (unpaired) electrons. The summed E-state index contributed by atoms with van der Waals surface area (Å²) in [5.74, 6) is 0.918. The van der Waals surface area contributed by atoms with Crippen molar-refractivity contribution in [3.05, 3.63) is 101 Å². The Labute approximate surface area is 187 Å². The minimum absolute atomic E-state index is 0.250. The topological polar surface area (TPSA) is 51.5 Å². The van der Waals surface area contributed by atoms with E-state index in [1.54, 1.807) is 0 Å². The molecule has 160 valence electrons. The maximum Gasteiger partial charge on any atom is 0.290 e. The molecule has 0 atom stereocenters. The lowest BCUT2D eigenvalue weighted by Crippen LogP contribution is -1.99. The van der Waals surface area contributed by atoms with E-state index in [4.69, 9.17) is 26.2 Å². The fourth-order valence-corrected chi connectivity index (χ4v) is 3.63. The Kier molecular flexibility index (Phi) is 8.13. The van der Waals surface area contributed by atoms with Crippen molar-refractivity contribution in [3.8, 4) is 5.75 Å². The second-order valence-electron chi connectivity index (χ2n) is 7.25. The van der Waals surface area contributed by atoms with Crippen molar-refractivity contribution in [3.63, 3.8) is 0 Å². The van der Waals surface area contributed by atoms with E-state index in [0.717, 1.165) is 23.7 Å². The van der Waals surface area contributed by atoms with Crippen molar-refractivity contribution in [2.45, 2.75) is 32.9 Å². The number of ether oxygens (including phenoxy) is 1. The Bertz CT molecular complexity index is 1100. The highest BCUT2D eigenvalue weighted by molar-refractivity contribution is 6.31. The molecule has 0 spiro atoms. The van der Waals surface area contributed by atoms with Gasteiger partial charge in [0.15, 0.2) is 0 Å². The van der Waals surface area contributed by atoms with Gasteiger partial charge in [-0.05, 0) is 59.5 Å². The Hall–Kier alpha value is -3.24. The minimum Gasteiger partial charge on any atom is -0.489 e. The Morgan fingerprint density at radius 2 is 1.58 bits per heavy atom. The number of fused-ring (bicyclic) bond motifs is 1. The monoisotopic (exact) mass is 435 g/mol. The maximum atomic E-state index is 8.36.